The van der Waals surface area contributed by atoms with E-state index in [1.807, 2.05) is 18.7 Å². The van der Waals surface area contributed by atoms with Crippen molar-refractivity contribution < 1.29 is 9.18 Å². The first-order valence-electron chi connectivity index (χ1n) is 8.93. The van der Waals surface area contributed by atoms with Gasteiger partial charge < -0.3 is 10.2 Å². The minimum absolute atomic E-state index is 0.0436. The van der Waals surface area contributed by atoms with Crippen LogP contribution in [0.1, 0.15) is 60.2 Å². The van der Waals surface area contributed by atoms with Crippen LogP contribution in [0.4, 0.5) is 14.9 Å². The van der Waals surface area contributed by atoms with Crippen molar-refractivity contribution in [3.63, 3.8) is 0 Å². The Bertz CT molecular complexity index is 792. The number of benzene rings is 1. The lowest BCUT2D eigenvalue weighted by molar-refractivity contribution is 0.207. The molecule has 1 aliphatic carbocycles. The van der Waals surface area contributed by atoms with Crippen LogP contribution in [0.5, 0.6) is 0 Å². The summed E-state index contributed by atoms with van der Waals surface area (Å²) < 4.78 is 13.9. The molecule has 5 nitrogen and oxygen atoms in total. The molecule has 1 saturated heterocycles. The lowest BCUT2D eigenvalue weighted by Gasteiger charge is -2.25. The first kappa shape index (κ1) is 16.1. The lowest BCUT2D eigenvalue weighted by Crippen LogP contribution is -2.34. The Morgan fingerprint density at radius 3 is 2.80 bits per heavy atom. The smallest absolute Gasteiger partial charge is 0.317 e. The highest BCUT2D eigenvalue weighted by atomic mass is 19.1. The monoisotopic (exact) mass is 342 g/mol. The van der Waals surface area contributed by atoms with Crippen LogP contribution in [-0.2, 0) is 0 Å². The Morgan fingerprint density at radius 1 is 1.32 bits per heavy atom. The molecule has 6 heteroatoms. The zero-order chi connectivity index (χ0) is 17.6. The minimum Gasteiger partial charge on any atom is -0.317 e. The van der Waals surface area contributed by atoms with E-state index in [1.165, 1.54) is 6.07 Å². The van der Waals surface area contributed by atoms with E-state index in [-0.39, 0.29) is 17.9 Å². The molecule has 2 fully saturated rings. The van der Waals surface area contributed by atoms with Crippen molar-refractivity contribution in [3.8, 4) is 0 Å². The van der Waals surface area contributed by atoms with Gasteiger partial charge in [-0.1, -0.05) is 0 Å². The SMILES string of the molecule is Cc1n[nH]c(C)c1C1CCCN1C(=O)Nc1ccc(F)c(C2CC2)c1. The van der Waals surface area contributed by atoms with E-state index in [4.69, 9.17) is 0 Å². The third kappa shape index (κ3) is 3.01. The quantitative estimate of drug-likeness (QED) is 0.868. The number of halogens is 1. The first-order chi connectivity index (χ1) is 12.0. The number of nitrogens with one attached hydrogen (secondary N) is 2. The number of H-pyrrole nitrogens is 1. The fraction of sp³-hybridized carbons (Fsp3) is 0.474. The van der Waals surface area contributed by atoms with Gasteiger partial charge in [0, 0.05) is 23.5 Å². The van der Waals surface area contributed by atoms with Crippen molar-refractivity contribution in [2.75, 3.05) is 11.9 Å². The van der Waals surface area contributed by atoms with Crippen molar-refractivity contribution >= 4 is 11.7 Å². The molecular weight excluding hydrogens is 319 g/mol. The highest BCUT2D eigenvalue weighted by Crippen LogP contribution is 2.42. The number of urea groups is 1. The second kappa shape index (κ2) is 6.17. The summed E-state index contributed by atoms with van der Waals surface area (Å²) in [5, 5.41) is 10.2. The second-order valence-electron chi connectivity index (χ2n) is 7.14. The summed E-state index contributed by atoms with van der Waals surface area (Å²) in [6.07, 6.45) is 3.97. The van der Waals surface area contributed by atoms with Crippen molar-refractivity contribution in [2.45, 2.75) is 51.5 Å². The van der Waals surface area contributed by atoms with Gasteiger partial charge in [-0.15, -0.1) is 0 Å². The summed E-state index contributed by atoms with van der Waals surface area (Å²) in [4.78, 5) is 14.7. The van der Waals surface area contributed by atoms with Gasteiger partial charge in [0.05, 0.1) is 11.7 Å². The number of carbonyl (C=O) groups is 1. The van der Waals surface area contributed by atoms with Gasteiger partial charge in [0.15, 0.2) is 0 Å². The Morgan fingerprint density at radius 2 is 2.12 bits per heavy atom. The van der Waals surface area contributed by atoms with Gasteiger partial charge in [-0.25, -0.2) is 9.18 Å². The van der Waals surface area contributed by atoms with E-state index in [9.17, 15) is 9.18 Å². The molecule has 2 heterocycles. The number of amides is 2. The fourth-order valence-electron chi connectivity index (χ4n) is 3.88. The summed E-state index contributed by atoms with van der Waals surface area (Å²) in [7, 11) is 0. The molecule has 1 aromatic heterocycles. The lowest BCUT2D eigenvalue weighted by atomic mass is 10.0. The Kier molecular flexibility index (Phi) is 3.98. The molecule has 2 aromatic rings. The van der Waals surface area contributed by atoms with E-state index in [0.29, 0.717) is 11.6 Å². The highest BCUT2D eigenvalue weighted by molar-refractivity contribution is 5.90. The zero-order valence-electron chi connectivity index (χ0n) is 14.6. The van der Waals surface area contributed by atoms with Gasteiger partial charge in [0.2, 0.25) is 0 Å². The first-order valence-corrected chi connectivity index (χ1v) is 8.93. The van der Waals surface area contributed by atoms with Gasteiger partial charge in [0.25, 0.3) is 0 Å². The number of rotatable bonds is 3. The van der Waals surface area contributed by atoms with Gasteiger partial charge in [-0.05, 0) is 69.2 Å². The number of aryl methyl sites for hydroxylation is 2. The maximum Gasteiger partial charge on any atom is 0.322 e. The molecule has 1 atom stereocenters. The number of hydrogen-bond donors (Lipinski definition) is 2. The molecule has 2 amide bonds. The molecule has 0 radical (unpaired) electrons. The van der Waals surface area contributed by atoms with Crippen LogP contribution in [0.2, 0.25) is 0 Å². The third-order valence-corrected chi connectivity index (χ3v) is 5.30. The van der Waals surface area contributed by atoms with Crippen molar-refractivity contribution in [1.29, 1.82) is 0 Å². The predicted octanol–water partition coefficient (Wildman–Crippen LogP) is 4.41. The second-order valence-corrected chi connectivity index (χ2v) is 7.14. The Labute approximate surface area is 146 Å². The Balaban J connectivity index is 1.53. The molecule has 4 rings (SSSR count). The summed E-state index contributed by atoms with van der Waals surface area (Å²) in [5.41, 5.74) is 4.46. The molecular formula is C19H23FN4O. The molecule has 1 saturated carbocycles. The molecule has 25 heavy (non-hydrogen) atoms. The number of hydrogen-bond acceptors (Lipinski definition) is 2. The van der Waals surface area contributed by atoms with Crippen LogP contribution in [0.15, 0.2) is 18.2 Å². The van der Waals surface area contributed by atoms with Crippen LogP contribution in [-0.4, -0.2) is 27.7 Å². The van der Waals surface area contributed by atoms with Crippen LogP contribution < -0.4 is 5.32 Å². The van der Waals surface area contributed by atoms with Crippen LogP contribution in [0.25, 0.3) is 0 Å². The third-order valence-electron chi connectivity index (χ3n) is 5.30. The molecule has 1 aromatic carbocycles. The highest BCUT2D eigenvalue weighted by Gasteiger charge is 2.33. The predicted molar refractivity (Wildman–Crippen MR) is 94.1 cm³/mol. The maximum absolute atomic E-state index is 13.9. The number of likely N-dealkylation sites (tertiary alicyclic amines) is 1. The zero-order valence-corrected chi connectivity index (χ0v) is 14.6. The summed E-state index contributed by atoms with van der Waals surface area (Å²) in [6.45, 7) is 4.68. The van der Waals surface area contributed by atoms with Crippen LogP contribution in [0, 0.1) is 19.7 Å². The maximum atomic E-state index is 13.9. The van der Waals surface area contributed by atoms with Gasteiger partial charge in [-0.3, -0.25) is 5.10 Å². The average molecular weight is 342 g/mol. The van der Waals surface area contributed by atoms with E-state index < -0.39 is 0 Å². The summed E-state index contributed by atoms with van der Waals surface area (Å²) in [6, 6.07) is 4.79. The molecule has 0 bridgehead atoms. The molecule has 2 aliphatic rings. The number of aromatic nitrogens is 2. The van der Waals surface area contributed by atoms with E-state index >= 15 is 0 Å². The topological polar surface area (TPSA) is 61.0 Å². The van der Waals surface area contributed by atoms with E-state index in [0.717, 1.165) is 54.7 Å². The van der Waals surface area contributed by atoms with Crippen LogP contribution in [0.3, 0.4) is 0 Å². The fourth-order valence-corrected chi connectivity index (χ4v) is 3.88. The summed E-state index contributed by atoms with van der Waals surface area (Å²) >= 11 is 0. The number of aromatic amines is 1. The van der Waals surface area contributed by atoms with E-state index in [1.54, 1.807) is 12.1 Å². The van der Waals surface area contributed by atoms with Crippen molar-refractivity contribution in [1.82, 2.24) is 15.1 Å². The van der Waals surface area contributed by atoms with Gasteiger partial charge in [0.1, 0.15) is 5.82 Å². The normalized spacial score (nSPS) is 20.1. The molecule has 132 valence electrons. The molecule has 1 unspecified atom stereocenters. The largest absolute Gasteiger partial charge is 0.322 e. The van der Waals surface area contributed by atoms with Crippen molar-refractivity contribution in [3.05, 3.63) is 46.5 Å². The van der Waals surface area contributed by atoms with Gasteiger partial charge in [-0.2, -0.15) is 5.10 Å². The van der Waals surface area contributed by atoms with Gasteiger partial charge >= 0.3 is 6.03 Å². The molecule has 1 aliphatic heterocycles. The number of anilines is 1. The molecule has 0 spiro atoms. The molecule has 2 N–H and O–H groups in total. The number of carbonyl (C=O) groups excluding carboxylic acids is 1. The standard InChI is InChI=1S/C19H23FN4O/c1-11-18(12(2)23-22-11)17-4-3-9-24(17)19(25)21-14-7-8-16(20)15(10-14)13-5-6-13/h7-8,10,13,17H,3-6,9H2,1-2H3,(H,21,25)(H,22,23). The average Bonchev–Trinajstić information content (AvgIpc) is 3.23. The Hall–Kier alpha value is -2.37. The minimum atomic E-state index is -0.177. The van der Waals surface area contributed by atoms with E-state index in [2.05, 4.69) is 15.5 Å². The van der Waals surface area contributed by atoms with Crippen molar-refractivity contribution in [2.24, 2.45) is 0 Å². The summed E-state index contributed by atoms with van der Waals surface area (Å²) in [5.74, 6) is 0.136. The van der Waals surface area contributed by atoms with Crippen LogP contribution >= 0.6 is 0 Å². The number of nitrogens with zero attached hydrogens (tertiary/aromatic N) is 2.